The first-order valence-electron chi connectivity index (χ1n) is 11.6. The summed E-state index contributed by atoms with van der Waals surface area (Å²) in [5, 5.41) is 6.93. The Hall–Kier alpha value is -2.33. The summed E-state index contributed by atoms with van der Waals surface area (Å²) in [6.07, 6.45) is 3.71. The summed E-state index contributed by atoms with van der Waals surface area (Å²) in [5.74, 6) is 0.652. The van der Waals surface area contributed by atoms with Crippen molar-refractivity contribution in [3.05, 3.63) is 65.2 Å². The normalized spacial score (nSPS) is 18.4. The molecule has 4 nitrogen and oxygen atoms in total. The number of carbonyl (C=O) groups is 1. The molecular formula is C27H39N3O. The molecular weight excluding hydrogens is 382 g/mol. The van der Waals surface area contributed by atoms with Crippen molar-refractivity contribution >= 4 is 11.6 Å². The molecule has 0 fully saturated rings. The van der Waals surface area contributed by atoms with Crippen LogP contribution in [0.15, 0.2) is 48.5 Å². The molecule has 2 aromatic rings. The quantitative estimate of drug-likeness (QED) is 0.579. The Morgan fingerprint density at radius 1 is 1.13 bits per heavy atom. The van der Waals surface area contributed by atoms with Crippen LogP contribution in [0.3, 0.4) is 0 Å². The smallest absolute Gasteiger partial charge is 0.221 e. The topological polar surface area (TPSA) is 44.4 Å². The standard InChI is InChI=1S/C27H39N3O/c1-27(2,3)23-13-14-24-22(19-23)18-21(26(29-24)20-10-7-6-8-11-20)12-9-16-28-25(31)15-17-30(4)5/h6-8,10-11,13-14,19,21,26,29H,9,12,15-18H2,1-5H3,(H,28,31)/t21-,26+/m1/s1. The molecule has 0 radical (unpaired) electrons. The number of nitrogens with one attached hydrogen (secondary N) is 2. The Morgan fingerprint density at radius 3 is 2.55 bits per heavy atom. The van der Waals surface area contributed by atoms with E-state index >= 15 is 0 Å². The molecule has 0 saturated carbocycles. The molecule has 1 amide bonds. The van der Waals surface area contributed by atoms with Gasteiger partial charge in [-0.3, -0.25) is 4.79 Å². The molecule has 4 heteroatoms. The van der Waals surface area contributed by atoms with E-state index in [-0.39, 0.29) is 11.3 Å². The molecule has 1 aliphatic heterocycles. The van der Waals surface area contributed by atoms with E-state index < -0.39 is 0 Å². The second-order valence-electron chi connectivity index (χ2n) is 10.2. The molecule has 0 bridgehead atoms. The van der Waals surface area contributed by atoms with Crippen LogP contribution in [0.1, 0.15) is 62.8 Å². The van der Waals surface area contributed by atoms with Gasteiger partial charge in [0.25, 0.3) is 0 Å². The second kappa shape index (κ2) is 10.3. The van der Waals surface area contributed by atoms with Crippen LogP contribution in [0.2, 0.25) is 0 Å². The lowest BCUT2D eigenvalue weighted by Crippen LogP contribution is -2.31. The van der Waals surface area contributed by atoms with E-state index in [2.05, 4.69) is 79.9 Å². The van der Waals surface area contributed by atoms with E-state index in [1.807, 2.05) is 19.0 Å². The van der Waals surface area contributed by atoms with Gasteiger partial charge in [-0.1, -0.05) is 63.2 Å². The zero-order valence-corrected chi connectivity index (χ0v) is 19.9. The summed E-state index contributed by atoms with van der Waals surface area (Å²) >= 11 is 0. The summed E-state index contributed by atoms with van der Waals surface area (Å²) < 4.78 is 0. The number of nitrogens with zero attached hydrogens (tertiary/aromatic N) is 1. The highest BCUT2D eigenvalue weighted by molar-refractivity contribution is 5.76. The van der Waals surface area contributed by atoms with Crippen molar-refractivity contribution in [2.75, 3.05) is 32.5 Å². The first kappa shape index (κ1) is 23.3. The maximum Gasteiger partial charge on any atom is 0.221 e. The van der Waals surface area contributed by atoms with Crippen molar-refractivity contribution in [3.63, 3.8) is 0 Å². The number of carbonyl (C=O) groups excluding carboxylic acids is 1. The van der Waals surface area contributed by atoms with Gasteiger partial charge >= 0.3 is 0 Å². The number of amides is 1. The van der Waals surface area contributed by atoms with E-state index in [0.717, 1.165) is 32.4 Å². The summed E-state index contributed by atoms with van der Waals surface area (Å²) in [6.45, 7) is 8.36. The number of hydrogen-bond donors (Lipinski definition) is 2. The SMILES string of the molecule is CN(C)CCC(=O)NCCC[C@@H]1Cc2cc(C(C)(C)C)ccc2N[C@H]1c1ccccc1. The van der Waals surface area contributed by atoms with Crippen LogP contribution in [-0.4, -0.2) is 38.0 Å². The van der Waals surface area contributed by atoms with Gasteiger partial charge in [-0.2, -0.15) is 0 Å². The number of anilines is 1. The molecule has 0 aromatic heterocycles. The third-order valence-electron chi connectivity index (χ3n) is 6.25. The van der Waals surface area contributed by atoms with E-state index in [4.69, 9.17) is 0 Å². The van der Waals surface area contributed by atoms with Gasteiger partial charge in [0.1, 0.15) is 0 Å². The van der Waals surface area contributed by atoms with Gasteiger partial charge in [0.2, 0.25) is 5.91 Å². The fraction of sp³-hybridized carbons (Fsp3) is 0.519. The first-order chi connectivity index (χ1) is 14.7. The molecule has 2 atom stereocenters. The van der Waals surface area contributed by atoms with Crippen molar-refractivity contribution in [1.29, 1.82) is 0 Å². The fourth-order valence-electron chi connectivity index (χ4n) is 4.35. The largest absolute Gasteiger partial charge is 0.378 e. The molecule has 1 heterocycles. The lowest BCUT2D eigenvalue weighted by atomic mass is 9.78. The van der Waals surface area contributed by atoms with Gasteiger partial charge in [0, 0.05) is 25.2 Å². The highest BCUT2D eigenvalue weighted by Gasteiger charge is 2.29. The Morgan fingerprint density at radius 2 is 1.87 bits per heavy atom. The molecule has 168 valence electrons. The minimum Gasteiger partial charge on any atom is -0.378 e. The van der Waals surface area contributed by atoms with Crippen molar-refractivity contribution < 1.29 is 4.79 Å². The molecule has 0 unspecified atom stereocenters. The van der Waals surface area contributed by atoms with E-state index in [9.17, 15) is 4.79 Å². The highest BCUT2D eigenvalue weighted by atomic mass is 16.1. The van der Waals surface area contributed by atoms with Crippen molar-refractivity contribution in [1.82, 2.24) is 10.2 Å². The fourth-order valence-corrected chi connectivity index (χ4v) is 4.35. The minimum absolute atomic E-state index is 0.148. The molecule has 1 aliphatic rings. The molecule has 0 spiro atoms. The monoisotopic (exact) mass is 421 g/mol. The van der Waals surface area contributed by atoms with Crippen molar-refractivity contribution in [2.45, 2.75) is 57.9 Å². The van der Waals surface area contributed by atoms with Crippen LogP contribution < -0.4 is 10.6 Å². The average molecular weight is 422 g/mol. The molecule has 0 saturated heterocycles. The van der Waals surface area contributed by atoms with Gasteiger partial charge in [-0.25, -0.2) is 0 Å². The third-order valence-corrected chi connectivity index (χ3v) is 6.25. The van der Waals surface area contributed by atoms with Gasteiger partial charge in [0.15, 0.2) is 0 Å². The van der Waals surface area contributed by atoms with Crippen molar-refractivity contribution in [2.24, 2.45) is 5.92 Å². The third kappa shape index (κ3) is 6.57. The van der Waals surface area contributed by atoms with Gasteiger partial charge in [-0.05, 0) is 67.4 Å². The highest BCUT2D eigenvalue weighted by Crippen LogP contribution is 2.40. The lowest BCUT2D eigenvalue weighted by Gasteiger charge is -2.36. The van der Waals surface area contributed by atoms with Gasteiger partial charge in [-0.15, -0.1) is 0 Å². The van der Waals surface area contributed by atoms with E-state index in [1.54, 1.807) is 0 Å². The first-order valence-corrected chi connectivity index (χ1v) is 11.6. The van der Waals surface area contributed by atoms with Gasteiger partial charge < -0.3 is 15.5 Å². The lowest BCUT2D eigenvalue weighted by molar-refractivity contribution is -0.121. The summed E-state index contributed by atoms with van der Waals surface area (Å²) in [5.41, 5.74) is 5.55. The predicted molar refractivity (Wildman–Crippen MR) is 131 cm³/mol. The van der Waals surface area contributed by atoms with Crippen LogP contribution in [0.25, 0.3) is 0 Å². The summed E-state index contributed by atoms with van der Waals surface area (Å²) in [6, 6.07) is 18.0. The van der Waals surface area contributed by atoms with Gasteiger partial charge in [0.05, 0.1) is 6.04 Å². The Kier molecular flexibility index (Phi) is 7.77. The number of fused-ring (bicyclic) bond motifs is 1. The minimum atomic E-state index is 0.148. The number of hydrogen-bond acceptors (Lipinski definition) is 3. The van der Waals surface area contributed by atoms with Crippen LogP contribution in [0.5, 0.6) is 0 Å². The Labute approximate surface area is 188 Å². The molecule has 31 heavy (non-hydrogen) atoms. The van der Waals surface area contributed by atoms with Crippen LogP contribution in [-0.2, 0) is 16.6 Å². The second-order valence-corrected chi connectivity index (χ2v) is 10.2. The molecule has 0 aliphatic carbocycles. The molecule has 2 N–H and O–H groups in total. The summed E-state index contributed by atoms with van der Waals surface area (Å²) in [7, 11) is 3.99. The molecule has 2 aromatic carbocycles. The Balaban J connectivity index is 1.68. The summed E-state index contributed by atoms with van der Waals surface area (Å²) in [4.78, 5) is 14.1. The van der Waals surface area contributed by atoms with Crippen molar-refractivity contribution in [3.8, 4) is 0 Å². The number of rotatable bonds is 8. The van der Waals surface area contributed by atoms with Crippen LogP contribution >= 0.6 is 0 Å². The van der Waals surface area contributed by atoms with Crippen LogP contribution in [0.4, 0.5) is 5.69 Å². The maximum absolute atomic E-state index is 12.0. The Bertz CT molecular complexity index is 855. The zero-order valence-electron chi connectivity index (χ0n) is 19.9. The predicted octanol–water partition coefficient (Wildman–Crippen LogP) is 5.16. The maximum atomic E-state index is 12.0. The average Bonchev–Trinajstić information content (AvgIpc) is 2.74. The number of benzene rings is 2. The zero-order chi connectivity index (χ0) is 22.4. The van der Waals surface area contributed by atoms with E-state index in [0.29, 0.717) is 18.4 Å². The van der Waals surface area contributed by atoms with E-state index in [1.165, 1.54) is 22.4 Å². The van der Waals surface area contributed by atoms with Crippen LogP contribution in [0, 0.1) is 5.92 Å². The molecule has 3 rings (SSSR count).